The summed E-state index contributed by atoms with van der Waals surface area (Å²) in [6.07, 6.45) is 4.45. The highest BCUT2D eigenvalue weighted by Crippen LogP contribution is 2.40. The molecule has 0 aliphatic heterocycles. The number of carbonyl (C=O) groups excluding carboxylic acids is 1. The van der Waals surface area contributed by atoms with Crippen molar-refractivity contribution in [2.45, 2.75) is 52.6 Å². The van der Waals surface area contributed by atoms with Crippen LogP contribution in [0.3, 0.4) is 0 Å². The van der Waals surface area contributed by atoms with E-state index in [0.717, 1.165) is 24.6 Å². The number of alkyl halides is 1. The first-order valence-electron chi connectivity index (χ1n) is 6.83. The van der Waals surface area contributed by atoms with E-state index in [1.807, 2.05) is 27.7 Å². The summed E-state index contributed by atoms with van der Waals surface area (Å²) >= 11 is 3.42. The standard InChI is InChI=1S/C15H27BrO3/c1-6-12-19-14(3,4)15(5,10-8-9-11-16)13(17)18-7-2/h6H,1,7-12H2,2-5H3. The van der Waals surface area contributed by atoms with E-state index in [9.17, 15) is 4.79 Å². The molecule has 0 aliphatic carbocycles. The number of hydrogen-bond acceptors (Lipinski definition) is 3. The van der Waals surface area contributed by atoms with Crippen molar-refractivity contribution in [2.75, 3.05) is 18.5 Å². The van der Waals surface area contributed by atoms with Gasteiger partial charge in [0.25, 0.3) is 0 Å². The Morgan fingerprint density at radius 2 is 1.95 bits per heavy atom. The fourth-order valence-electron chi connectivity index (χ4n) is 1.94. The van der Waals surface area contributed by atoms with Crippen molar-refractivity contribution < 1.29 is 14.3 Å². The minimum Gasteiger partial charge on any atom is -0.465 e. The van der Waals surface area contributed by atoms with Gasteiger partial charge in [-0.1, -0.05) is 28.4 Å². The molecule has 0 aromatic heterocycles. The van der Waals surface area contributed by atoms with Crippen LogP contribution in [-0.4, -0.2) is 30.1 Å². The van der Waals surface area contributed by atoms with Gasteiger partial charge < -0.3 is 9.47 Å². The van der Waals surface area contributed by atoms with E-state index in [2.05, 4.69) is 22.5 Å². The van der Waals surface area contributed by atoms with Crippen LogP contribution in [0, 0.1) is 5.41 Å². The average molecular weight is 335 g/mol. The van der Waals surface area contributed by atoms with Crippen LogP contribution in [0.2, 0.25) is 0 Å². The van der Waals surface area contributed by atoms with Crippen LogP contribution in [0.25, 0.3) is 0 Å². The van der Waals surface area contributed by atoms with Crippen molar-refractivity contribution in [1.29, 1.82) is 0 Å². The van der Waals surface area contributed by atoms with E-state index in [0.29, 0.717) is 13.2 Å². The summed E-state index contributed by atoms with van der Waals surface area (Å²) in [6, 6.07) is 0. The summed E-state index contributed by atoms with van der Waals surface area (Å²) < 4.78 is 11.1. The quantitative estimate of drug-likeness (QED) is 0.261. The van der Waals surface area contributed by atoms with Crippen molar-refractivity contribution in [3.05, 3.63) is 12.7 Å². The Kier molecular flexibility index (Phi) is 8.59. The SMILES string of the molecule is C=CCOC(C)(C)C(C)(CCCCBr)C(=O)OCC. The van der Waals surface area contributed by atoms with Gasteiger partial charge in [0.15, 0.2) is 0 Å². The highest BCUT2D eigenvalue weighted by molar-refractivity contribution is 9.09. The third kappa shape index (κ3) is 5.27. The number of hydrogen-bond donors (Lipinski definition) is 0. The van der Waals surface area contributed by atoms with Crippen LogP contribution in [0.4, 0.5) is 0 Å². The molecule has 0 aliphatic rings. The van der Waals surface area contributed by atoms with Crippen molar-refractivity contribution in [2.24, 2.45) is 5.41 Å². The largest absolute Gasteiger partial charge is 0.465 e. The Labute approximate surface area is 125 Å². The molecule has 112 valence electrons. The van der Waals surface area contributed by atoms with Gasteiger partial charge in [0.05, 0.1) is 24.2 Å². The van der Waals surface area contributed by atoms with E-state index < -0.39 is 11.0 Å². The van der Waals surface area contributed by atoms with Gasteiger partial charge in [0.2, 0.25) is 0 Å². The van der Waals surface area contributed by atoms with Crippen LogP contribution in [0.15, 0.2) is 12.7 Å². The smallest absolute Gasteiger partial charge is 0.314 e. The zero-order valence-electron chi connectivity index (χ0n) is 12.6. The maximum absolute atomic E-state index is 12.3. The molecular weight excluding hydrogens is 308 g/mol. The lowest BCUT2D eigenvalue weighted by atomic mass is 9.71. The van der Waals surface area contributed by atoms with Crippen LogP contribution >= 0.6 is 15.9 Å². The molecule has 0 saturated heterocycles. The summed E-state index contributed by atoms with van der Waals surface area (Å²) in [7, 11) is 0. The van der Waals surface area contributed by atoms with Gasteiger partial charge in [0, 0.05) is 5.33 Å². The van der Waals surface area contributed by atoms with Crippen LogP contribution in [-0.2, 0) is 14.3 Å². The zero-order chi connectivity index (χ0) is 14.9. The Balaban J connectivity index is 5.00. The number of ether oxygens (including phenoxy) is 2. The van der Waals surface area contributed by atoms with Crippen molar-refractivity contribution in [3.63, 3.8) is 0 Å². The predicted molar refractivity (Wildman–Crippen MR) is 82.6 cm³/mol. The van der Waals surface area contributed by atoms with E-state index in [-0.39, 0.29) is 5.97 Å². The molecule has 1 atom stereocenters. The lowest BCUT2D eigenvalue weighted by molar-refractivity contribution is -0.176. The maximum Gasteiger partial charge on any atom is 0.314 e. The first-order chi connectivity index (χ1) is 8.85. The summed E-state index contributed by atoms with van der Waals surface area (Å²) in [6.45, 7) is 12.1. The number of halogens is 1. The summed E-state index contributed by atoms with van der Waals surface area (Å²) in [5, 5.41) is 0.944. The van der Waals surface area contributed by atoms with Crippen LogP contribution in [0.1, 0.15) is 47.0 Å². The van der Waals surface area contributed by atoms with Crippen molar-refractivity contribution >= 4 is 21.9 Å². The maximum atomic E-state index is 12.3. The van der Waals surface area contributed by atoms with Crippen molar-refractivity contribution in [3.8, 4) is 0 Å². The first kappa shape index (κ1) is 18.7. The summed E-state index contributed by atoms with van der Waals surface area (Å²) in [5.41, 5.74) is -1.23. The van der Waals surface area contributed by atoms with Gasteiger partial charge in [-0.05, 0) is 40.5 Å². The van der Waals surface area contributed by atoms with Gasteiger partial charge in [-0.3, -0.25) is 4.79 Å². The highest BCUT2D eigenvalue weighted by atomic mass is 79.9. The second-order valence-electron chi connectivity index (χ2n) is 5.31. The molecular formula is C15H27BrO3. The topological polar surface area (TPSA) is 35.5 Å². The molecule has 0 rings (SSSR count). The summed E-state index contributed by atoms with van der Waals surface area (Å²) in [5.74, 6) is -0.182. The molecule has 0 fully saturated rings. The third-order valence-electron chi connectivity index (χ3n) is 3.68. The van der Waals surface area contributed by atoms with E-state index >= 15 is 0 Å². The fourth-order valence-corrected chi connectivity index (χ4v) is 2.34. The molecule has 0 aromatic carbocycles. The van der Waals surface area contributed by atoms with Gasteiger partial charge in [0.1, 0.15) is 0 Å². The monoisotopic (exact) mass is 334 g/mol. The molecule has 0 aromatic rings. The molecule has 0 N–H and O–H groups in total. The van der Waals surface area contributed by atoms with Gasteiger partial charge in [-0.15, -0.1) is 6.58 Å². The second kappa shape index (κ2) is 8.75. The first-order valence-corrected chi connectivity index (χ1v) is 7.96. The molecule has 0 heterocycles. The Morgan fingerprint density at radius 1 is 1.32 bits per heavy atom. The average Bonchev–Trinajstić information content (AvgIpc) is 2.36. The number of rotatable bonds is 10. The van der Waals surface area contributed by atoms with E-state index in [4.69, 9.17) is 9.47 Å². The predicted octanol–water partition coefficient (Wildman–Crippen LogP) is 4.10. The lowest BCUT2D eigenvalue weighted by Gasteiger charge is -2.41. The number of esters is 1. The number of unbranched alkanes of at least 4 members (excludes halogenated alkanes) is 1. The van der Waals surface area contributed by atoms with Crippen LogP contribution < -0.4 is 0 Å². The minimum atomic E-state index is -0.645. The van der Waals surface area contributed by atoms with Gasteiger partial charge in [-0.25, -0.2) is 0 Å². The van der Waals surface area contributed by atoms with Crippen molar-refractivity contribution in [1.82, 2.24) is 0 Å². The summed E-state index contributed by atoms with van der Waals surface area (Å²) in [4.78, 5) is 12.3. The van der Waals surface area contributed by atoms with Gasteiger partial charge in [-0.2, -0.15) is 0 Å². The van der Waals surface area contributed by atoms with E-state index in [1.165, 1.54) is 0 Å². The molecule has 4 heteroatoms. The highest BCUT2D eigenvalue weighted by Gasteiger charge is 2.48. The van der Waals surface area contributed by atoms with Gasteiger partial charge >= 0.3 is 5.97 Å². The molecule has 0 amide bonds. The molecule has 0 bridgehead atoms. The Morgan fingerprint density at radius 3 is 2.42 bits per heavy atom. The number of carbonyl (C=O) groups is 1. The molecule has 0 spiro atoms. The zero-order valence-corrected chi connectivity index (χ0v) is 14.2. The Bertz CT molecular complexity index is 289. The normalized spacial score (nSPS) is 14.8. The molecule has 0 saturated carbocycles. The molecule has 19 heavy (non-hydrogen) atoms. The molecule has 3 nitrogen and oxygen atoms in total. The molecule has 1 unspecified atom stereocenters. The second-order valence-corrected chi connectivity index (χ2v) is 6.10. The van der Waals surface area contributed by atoms with Crippen LogP contribution in [0.5, 0.6) is 0 Å². The van der Waals surface area contributed by atoms with E-state index in [1.54, 1.807) is 6.08 Å². The fraction of sp³-hybridized carbons (Fsp3) is 0.800. The lowest BCUT2D eigenvalue weighted by Crippen LogP contribution is -2.50. The minimum absolute atomic E-state index is 0.182. The molecule has 0 radical (unpaired) electrons. The Hall–Kier alpha value is -0.350. The third-order valence-corrected chi connectivity index (χ3v) is 4.24.